The first-order valence-corrected chi connectivity index (χ1v) is 39.8. The third kappa shape index (κ3) is 64.8. The fourth-order valence-electron chi connectivity index (χ4n) is 10.7. The van der Waals surface area contributed by atoms with E-state index in [4.69, 9.17) is 37.0 Å². The van der Waals surface area contributed by atoms with Gasteiger partial charge in [-0.1, -0.05) is 305 Å². The molecule has 0 aromatic heterocycles. The van der Waals surface area contributed by atoms with Gasteiger partial charge in [0.15, 0.2) is 12.2 Å². The highest BCUT2D eigenvalue weighted by Crippen LogP contribution is 2.45. The number of esters is 4. The second-order valence-electron chi connectivity index (χ2n) is 27.1. The molecule has 0 saturated carbocycles. The Morgan fingerprint density at radius 1 is 0.300 bits per heavy atom. The van der Waals surface area contributed by atoms with E-state index < -0.39 is 97.5 Å². The summed E-state index contributed by atoms with van der Waals surface area (Å²) in [7, 11) is -9.90. The van der Waals surface area contributed by atoms with Gasteiger partial charge in [0.05, 0.1) is 26.4 Å². The van der Waals surface area contributed by atoms with E-state index in [9.17, 15) is 43.2 Å². The van der Waals surface area contributed by atoms with Gasteiger partial charge in [-0.15, -0.1) is 0 Å². The van der Waals surface area contributed by atoms with Crippen molar-refractivity contribution in [3.05, 3.63) is 0 Å². The third-order valence-corrected chi connectivity index (χ3v) is 18.3. The second-order valence-corrected chi connectivity index (χ2v) is 30.0. The number of ether oxygens (including phenoxy) is 4. The summed E-state index contributed by atoms with van der Waals surface area (Å²) in [5.74, 6) is 0.159. The zero-order valence-corrected chi connectivity index (χ0v) is 60.4. The van der Waals surface area contributed by atoms with Gasteiger partial charge in [-0.05, 0) is 43.4 Å². The minimum absolute atomic E-state index is 0.104. The minimum Gasteiger partial charge on any atom is -0.462 e. The number of carbonyl (C=O) groups excluding carboxylic acids is 4. The summed E-state index contributed by atoms with van der Waals surface area (Å²) in [6.07, 6.45) is 45.9. The molecule has 0 aliphatic heterocycles. The van der Waals surface area contributed by atoms with Crippen LogP contribution in [-0.2, 0) is 65.4 Å². The molecule has 90 heavy (non-hydrogen) atoms. The summed E-state index contributed by atoms with van der Waals surface area (Å²) >= 11 is 0. The van der Waals surface area contributed by atoms with E-state index in [1.165, 1.54) is 161 Å². The summed E-state index contributed by atoms with van der Waals surface area (Å²) in [4.78, 5) is 72.5. The van der Waals surface area contributed by atoms with E-state index in [1.807, 2.05) is 0 Å². The van der Waals surface area contributed by atoms with Crippen LogP contribution in [0.25, 0.3) is 0 Å². The predicted molar refractivity (Wildman–Crippen MR) is 363 cm³/mol. The maximum atomic E-state index is 13.0. The van der Waals surface area contributed by atoms with E-state index in [0.29, 0.717) is 25.7 Å². The summed E-state index contributed by atoms with van der Waals surface area (Å²) in [6.45, 7) is 11.8. The average molecular weight is 1330 g/mol. The molecule has 0 heterocycles. The molecule has 0 aromatic rings. The van der Waals surface area contributed by atoms with Crippen LogP contribution in [0.1, 0.15) is 357 Å². The molecule has 0 aromatic carbocycles. The molecule has 0 fully saturated rings. The van der Waals surface area contributed by atoms with Crippen LogP contribution in [0.15, 0.2) is 0 Å². The predicted octanol–water partition coefficient (Wildman–Crippen LogP) is 20.2. The molecule has 0 aliphatic rings. The molecule has 0 aliphatic carbocycles. The van der Waals surface area contributed by atoms with E-state index in [-0.39, 0.29) is 25.7 Å². The largest absolute Gasteiger partial charge is 0.472 e. The highest BCUT2D eigenvalue weighted by molar-refractivity contribution is 7.47. The van der Waals surface area contributed by atoms with E-state index >= 15 is 0 Å². The number of hydrogen-bond acceptors (Lipinski definition) is 15. The second kappa shape index (κ2) is 61.9. The molecule has 0 amide bonds. The van der Waals surface area contributed by atoms with Crippen LogP contribution in [-0.4, -0.2) is 96.7 Å². The van der Waals surface area contributed by atoms with E-state index in [1.54, 1.807) is 0 Å². The monoisotopic (exact) mass is 1320 g/mol. The number of carbonyl (C=O) groups is 4. The SMILES string of the molecule is CCCCCCCCCCC(=O)OC[C@H](COP(=O)(O)OC[C@H](O)COP(=O)(O)OC[C@@H](COC(=O)CCCCCCCCCCCCCCC(C)C)OC(=O)CCCCCCCCCCCCCCCC(C)C)OC(=O)CCCCCCCCCCC(C)C. The number of unbranched alkanes of at least 4 members (excludes halogenated alkanes) is 37. The lowest BCUT2D eigenvalue weighted by molar-refractivity contribution is -0.161. The van der Waals surface area contributed by atoms with Gasteiger partial charge in [0.2, 0.25) is 0 Å². The molecule has 0 rings (SSSR count). The first kappa shape index (κ1) is 88.1. The molecular weight excluding hydrogens is 1190 g/mol. The van der Waals surface area contributed by atoms with Crippen LogP contribution < -0.4 is 0 Å². The molecule has 0 radical (unpaired) electrons. The van der Waals surface area contributed by atoms with Crippen LogP contribution >= 0.6 is 15.6 Å². The van der Waals surface area contributed by atoms with Crippen molar-refractivity contribution >= 4 is 39.5 Å². The Morgan fingerprint density at radius 2 is 0.511 bits per heavy atom. The Labute approximate surface area is 549 Å². The van der Waals surface area contributed by atoms with Crippen LogP contribution in [0, 0.1) is 17.8 Å². The zero-order chi connectivity index (χ0) is 66.6. The standard InChI is InChI=1S/C71H138O17P2/c1-8-9-10-11-12-31-38-45-52-68(73)81-58-66(88-71(76)55-48-41-34-27-26-30-37-44-51-64(6)7)60-85-89(77,78)83-56-65(72)57-84-90(79,80)86-61-67(59-82-69(74)53-46-39-32-24-20-17-16-19-23-29-36-43-50-63(4)5)87-70(75)54-47-40-33-25-21-15-13-14-18-22-28-35-42-49-62(2)3/h62-67,72H,8-61H2,1-7H3,(H,77,78)(H,79,80)/t65-,66+,67+/m0/s1. The van der Waals surface area contributed by atoms with Crippen molar-refractivity contribution in [2.24, 2.45) is 17.8 Å². The fraction of sp³-hybridized carbons (Fsp3) is 0.944. The number of phosphoric acid groups is 2. The number of aliphatic hydroxyl groups excluding tert-OH is 1. The first-order valence-electron chi connectivity index (χ1n) is 36.8. The Kier molecular flexibility index (Phi) is 60.6. The van der Waals surface area contributed by atoms with Crippen molar-refractivity contribution in [1.82, 2.24) is 0 Å². The van der Waals surface area contributed by atoms with Crippen molar-refractivity contribution in [2.75, 3.05) is 39.6 Å². The van der Waals surface area contributed by atoms with Crippen molar-refractivity contribution in [3.63, 3.8) is 0 Å². The van der Waals surface area contributed by atoms with Crippen molar-refractivity contribution in [2.45, 2.75) is 375 Å². The zero-order valence-electron chi connectivity index (χ0n) is 58.6. The summed E-state index contributed by atoms with van der Waals surface area (Å²) in [5.41, 5.74) is 0. The highest BCUT2D eigenvalue weighted by atomic mass is 31.2. The number of phosphoric ester groups is 2. The number of hydrogen-bond donors (Lipinski definition) is 3. The summed E-state index contributed by atoms with van der Waals surface area (Å²) in [5, 5.41) is 10.6. The first-order chi connectivity index (χ1) is 43.2. The maximum absolute atomic E-state index is 13.0. The van der Waals surface area contributed by atoms with Gasteiger partial charge in [0.25, 0.3) is 0 Å². The average Bonchev–Trinajstić information content (AvgIpc) is 3.69. The molecule has 0 spiro atoms. The van der Waals surface area contributed by atoms with Gasteiger partial charge in [0.1, 0.15) is 19.3 Å². The molecule has 5 atom stereocenters. The quantitative estimate of drug-likeness (QED) is 0.0222. The maximum Gasteiger partial charge on any atom is 0.472 e. The minimum atomic E-state index is -4.95. The van der Waals surface area contributed by atoms with Crippen LogP contribution in [0.4, 0.5) is 0 Å². The van der Waals surface area contributed by atoms with Gasteiger partial charge < -0.3 is 33.8 Å². The lowest BCUT2D eigenvalue weighted by Crippen LogP contribution is -2.30. The Balaban J connectivity index is 5.23. The smallest absolute Gasteiger partial charge is 0.462 e. The molecule has 0 saturated heterocycles. The molecule has 19 heteroatoms. The Hall–Kier alpha value is -1.94. The lowest BCUT2D eigenvalue weighted by Gasteiger charge is -2.21. The fourth-order valence-corrected chi connectivity index (χ4v) is 12.3. The Bertz CT molecular complexity index is 1770. The van der Waals surface area contributed by atoms with Gasteiger partial charge in [0, 0.05) is 25.7 Å². The highest BCUT2D eigenvalue weighted by Gasteiger charge is 2.30. The normalized spacial score (nSPS) is 14.2. The van der Waals surface area contributed by atoms with Gasteiger partial charge in [-0.2, -0.15) is 0 Å². The molecule has 17 nitrogen and oxygen atoms in total. The van der Waals surface area contributed by atoms with E-state index in [0.717, 1.165) is 114 Å². The van der Waals surface area contributed by atoms with Gasteiger partial charge >= 0.3 is 39.5 Å². The number of aliphatic hydroxyl groups is 1. The summed E-state index contributed by atoms with van der Waals surface area (Å²) in [6, 6.07) is 0. The van der Waals surface area contributed by atoms with Crippen LogP contribution in [0.3, 0.4) is 0 Å². The van der Waals surface area contributed by atoms with Crippen molar-refractivity contribution < 1.29 is 80.2 Å². The van der Waals surface area contributed by atoms with Crippen LogP contribution in [0.5, 0.6) is 0 Å². The molecular formula is C71H138O17P2. The van der Waals surface area contributed by atoms with E-state index in [2.05, 4.69) is 48.5 Å². The Morgan fingerprint density at radius 3 is 0.756 bits per heavy atom. The summed E-state index contributed by atoms with van der Waals surface area (Å²) < 4.78 is 68.3. The third-order valence-electron chi connectivity index (χ3n) is 16.4. The molecule has 0 bridgehead atoms. The van der Waals surface area contributed by atoms with Gasteiger partial charge in [-0.25, -0.2) is 9.13 Å². The number of rotatable bonds is 69. The van der Waals surface area contributed by atoms with Crippen molar-refractivity contribution in [3.8, 4) is 0 Å². The van der Waals surface area contributed by atoms with Gasteiger partial charge in [-0.3, -0.25) is 37.3 Å². The van der Waals surface area contributed by atoms with Crippen LogP contribution in [0.2, 0.25) is 0 Å². The molecule has 534 valence electrons. The lowest BCUT2D eigenvalue weighted by atomic mass is 10.0. The molecule has 3 N–H and O–H groups in total. The van der Waals surface area contributed by atoms with Crippen molar-refractivity contribution in [1.29, 1.82) is 0 Å². The molecule has 2 unspecified atom stereocenters. The topological polar surface area (TPSA) is 237 Å².